The molecule has 3 heterocycles. The van der Waals surface area contributed by atoms with Crippen LogP contribution in [0.15, 0.2) is 54.7 Å². The monoisotopic (exact) mass is 561 g/mol. The van der Waals surface area contributed by atoms with Crippen LogP contribution in [0.2, 0.25) is 0 Å². The van der Waals surface area contributed by atoms with Gasteiger partial charge in [-0.2, -0.15) is 4.73 Å². The predicted octanol–water partition coefficient (Wildman–Crippen LogP) is 6.03. The quantitative estimate of drug-likeness (QED) is 0.208. The van der Waals surface area contributed by atoms with Crippen molar-refractivity contribution in [2.75, 3.05) is 17.7 Å². The van der Waals surface area contributed by atoms with E-state index in [1.807, 2.05) is 13.8 Å². The van der Waals surface area contributed by atoms with Crippen molar-refractivity contribution in [3.8, 4) is 22.4 Å². The van der Waals surface area contributed by atoms with Gasteiger partial charge in [-0.15, -0.1) is 0 Å². The van der Waals surface area contributed by atoms with Gasteiger partial charge in [-0.1, -0.05) is 19.4 Å². The standard InChI is InChI=1S/C30H29F2N5O4/c1-16-6-4-7-21(25-13-10-18(15-37(25)40)26-22(31)8-5-9-23(26)32)28-33-17(2)27(36-28)20-12-11-19(34-30(39)41-3)14-24(20)35-29(16)38/h5,8-16,21H,4,6-7H2,1-3H3,(H,33,36)(H,34,39)(H,35,38)/t16-,21-/m1/s1. The largest absolute Gasteiger partial charge is 0.618 e. The van der Waals surface area contributed by atoms with E-state index in [-0.39, 0.29) is 23.0 Å². The smallest absolute Gasteiger partial charge is 0.411 e. The van der Waals surface area contributed by atoms with Crippen LogP contribution in [-0.4, -0.2) is 29.1 Å². The first-order valence-corrected chi connectivity index (χ1v) is 13.2. The van der Waals surface area contributed by atoms with E-state index in [1.54, 1.807) is 24.3 Å². The molecule has 2 atom stereocenters. The molecule has 1 aliphatic heterocycles. The summed E-state index contributed by atoms with van der Waals surface area (Å²) in [5.41, 5.74) is 3.02. The lowest BCUT2D eigenvalue weighted by Gasteiger charge is -2.19. The normalized spacial score (nSPS) is 17.0. The molecule has 5 rings (SSSR count). The first-order valence-electron chi connectivity index (χ1n) is 13.2. The highest BCUT2D eigenvalue weighted by molar-refractivity contribution is 5.98. The number of hydrogen-bond donors (Lipinski definition) is 3. The Morgan fingerprint density at radius 2 is 1.90 bits per heavy atom. The van der Waals surface area contributed by atoms with Crippen molar-refractivity contribution < 1.29 is 27.8 Å². The topological polar surface area (TPSA) is 123 Å². The summed E-state index contributed by atoms with van der Waals surface area (Å²) in [6.45, 7) is 3.67. The SMILES string of the molecule is COC(=O)Nc1ccc2c(c1)NC(=O)[C@H](C)CCC[C@H](c1ccc(-c3c(F)cccc3F)c[n+]1[O-])c1nc-2c(C)[nH]1. The molecule has 0 unspecified atom stereocenters. The van der Waals surface area contributed by atoms with Crippen LogP contribution in [0, 0.1) is 29.7 Å². The summed E-state index contributed by atoms with van der Waals surface area (Å²) in [5.74, 6) is -1.97. The number of amides is 2. The van der Waals surface area contributed by atoms with Crippen LogP contribution in [0.3, 0.4) is 0 Å². The van der Waals surface area contributed by atoms with E-state index in [2.05, 4.69) is 20.4 Å². The molecule has 3 N–H and O–H groups in total. The van der Waals surface area contributed by atoms with Gasteiger partial charge >= 0.3 is 6.09 Å². The lowest BCUT2D eigenvalue weighted by molar-refractivity contribution is -0.614. The van der Waals surface area contributed by atoms with Crippen molar-refractivity contribution in [3.05, 3.63) is 88.8 Å². The van der Waals surface area contributed by atoms with E-state index < -0.39 is 23.6 Å². The molecule has 0 aliphatic carbocycles. The zero-order valence-corrected chi connectivity index (χ0v) is 22.8. The van der Waals surface area contributed by atoms with Gasteiger partial charge in [0.2, 0.25) is 11.6 Å². The Balaban J connectivity index is 1.59. The molecule has 41 heavy (non-hydrogen) atoms. The molecule has 2 aromatic carbocycles. The van der Waals surface area contributed by atoms with Gasteiger partial charge in [0.1, 0.15) is 23.4 Å². The molecule has 9 nitrogen and oxygen atoms in total. The first kappa shape index (κ1) is 27.8. The zero-order valence-electron chi connectivity index (χ0n) is 22.8. The molecule has 0 spiro atoms. The minimum Gasteiger partial charge on any atom is -0.618 e. The number of aromatic amines is 1. The Labute approximate surface area is 235 Å². The summed E-state index contributed by atoms with van der Waals surface area (Å²) in [4.78, 5) is 33.0. The van der Waals surface area contributed by atoms with Crippen molar-refractivity contribution >= 4 is 23.4 Å². The van der Waals surface area contributed by atoms with Crippen molar-refractivity contribution in [2.24, 2.45) is 5.92 Å². The summed E-state index contributed by atoms with van der Waals surface area (Å²) >= 11 is 0. The second kappa shape index (κ2) is 11.4. The maximum absolute atomic E-state index is 14.4. The van der Waals surface area contributed by atoms with Gasteiger partial charge in [-0.25, -0.2) is 18.6 Å². The number of nitrogens with one attached hydrogen (secondary N) is 3. The first-order chi connectivity index (χ1) is 19.7. The van der Waals surface area contributed by atoms with E-state index in [0.717, 1.165) is 12.1 Å². The second-order valence-electron chi connectivity index (χ2n) is 10.1. The second-order valence-corrected chi connectivity index (χ2v) is 10.1. The fraction of sp³-hybridized carbons (Fsp3) is 0.267. The van der Waals surface area contributed by atoms with Crippen LogP contribution < -0.4 is 15.4 Å². The number of anilines is 2. The van der Waals surface area contributed by atoms with Crippen LogP contribution in [0.1, 0.15) is 49.3 Å². The molecule has 0 saturated carbocycles. The Kier molecular flexibility index (Phi) is 7.69. The Morgan fingerprint density at radius 1 is 1.15 bits per heavy atom. The van der Waals surface area contributed by atoms with Crippen molar-refractivity contribution in [1.82, 2.24) is 9.97 Å². The van der Waals surface area contributed by atoms with Crippen LogP contribution in [-0.2, 0) is 9.53 Å². The number of ether oxygens (including phenoxy) is 1. The number of halogens is 2. The Morgan fingerprint density at radius 3 is 2.61 bits per heavy atom. The lowest BCUT2D eigenvalue weighted by Crippen LogP contribution is -2.34. The van der Waals surface area contributed by atoms with Gasteiger partial charge in [0.05, 0.1) is 29.6 Å². The molecule has 4 aromatic rings. The minimum atomic E-state index is -0.758. The maximum Gasteiger partial charge on any atom is 0.411 e. The van der Waals surface area contributed by atoms with Gasteiger partial charge in [-0.05, 0) is 56.2 Å². The maximum atomic E-state index is 14.4. The Bertz CT molecular complexity index is 1620. The molecule has 11 heteroatoms. The average molecular weight is 562 g/mol. The number of carbonyl (C=O) groups excluding carboxylic acids is 2. The third-order valence-corrected chi connectivity index (χ3v) is 7.33. The van der Waals surface area contributed by atoms with E-state index >= 15 is 0 Å². The molecular formula is C30H29F2N5O4. The number of carbonyl (C=O) groups is 2. The molecule has 2 aromatic heterocycles. The summed E-state index contributed by atoms with van der Waals surface area (Å²) in [6.07, 6.45) is 2.18. The molecule has 0 saturated heterocycles. The third-order valence-electron chi connectivity index (χ3n) is 7.33. The number of methoxy groups -OCH3 is 1. The third kappa shape index (κ3) is 5.60. The van der Waals surface area contributed by atoms with Crippen LogP contribution in [0.5, 0.6) is 0 Å². The van der Waals surface area contributed by atoms with Crippen LogP contribution in [0.4, 0.5) is 25.0 Å². The molecule has 212 valence electrons. The number of aryl methyl sites for hydroxylation is 1. The van der Waals surface area contributed by atoms with Gasteiger partial charge in [0, 0.05) is 28.9 Å². The highest BCUT2D eigenvalue weighted by Crippen LogP contribution is 2.36. The number of imidazole rings is 1. The number of aromatic nitrogens is 3. The van der Waals surface area contributed by atoms with Crippen molar-refractivity contribution in [3.63, 3.8) is 0 Å². The molecule has 2 amide bonds. The average Bonchev–Trinajstić information content (AvgIpc) is 3.31. The minimum absolute atomic E-state index is 0.124. The van der Waals surface area contributed by atoms with Crippen molar-refractivity contribution in [1.29, 1.82) is 0 Å². The van der Waals surface area contributed by atoms with Gasteiger partial charge in [-0.3, -0.25) is 10.1 Å². The van der Waals surface area contributed by atoms with Gasteiger partial charge in [0.15, 0.2) is 6.20 Å². The number of fused-ring (bicyclic) bond motifs is 4. The van der Waals surface area contributed by atoms with Crippen LogP contribution >= 0.6 is 0 Å². The van der Waals surface area contributed by atoms with E-state index in [0.29, 0.717) is 63.8 Å². The fourth-order valence-electron chi connectivity index (χ4n) is 5.14. The number of H-pyrrole nitrogens is 1. The number of rotatable bonds is 3. The Hall–Kier alpha value is -4.80. The zero-order chi connectivity index (χ0) is 29.3. The lowest BCUT2D eigenvalue weighted by atomic mass is 9.92. The summed E-state index contributed by atoms with van der Waals surface area (Å²) in [6, 6.07) is 11.7. The summed E-state index contributed by atoms with van der Waals surface area (Å²) in [7, 11) is 1.26. The van der Waals surface area contributed by atoms with Crippen molar-refractivity contribution in [2.45, 2.75) is 39.0 Å². The molecule has 2 bridgehead atoms. The number of hydrogen-bond acceptors (Lipinski definition) is 5. The molecule has 0 fully saturated rings. The van der Waals surface area contributed by atoms with Crippen LogP contribution in [0.25, 0.3) is 22.4 Å². The highest BCUT2D eigenvalue weighted by Gasteiger charge is 2.29. The number of benzene rings is 2. The number of nitrogens with zero attached hydrogens (tertiary/aromatic N) is 2. The highest BCUT2D eigenvalue weighted by atomic mass is 19.1. The molecule has 0 radical (unpaired) electrons. The fourth-order valence-corrected chi connectivity index (χ4v) is 5.14. The van der Waals surface area contributed by atoms with Gasteiger partial charge in [0.25, 0.3) is 0 Å². The summed E-state index contributed by atoms with van der Waals surface area (Å²) < 4.78 is 34.1. The predicted molar refractivity (Wildman–Crippen MR) is 149 cm³/mol. The molecular weight excluding hydrogens is 532 g/mol. The van der Waals surface area contributed by atoms with E-state index in [4.69, 9.17) is 4.98 Å². The van der Waals surface area contributed by atoms with Gasteiger partial charge < -0.3 is 20.2 Å². The van der Waals surface area contributed by atoms with E-state index in [9.17, 15) is 23.6 Å². The summed E-state index contributed by atoms with van der Waals surface area (Å²) in [5, 5.41) is 18.9. The number of pyridine rings is 1. The molecule has 1 aliphatic rings. The van der Waals surface area contributed by atoms with E-state index in [1.165, 1.54) is 25.4 Å².